The third kappa shape index (κ3) is 3.49. The largest absolute Gasteiger partial charge is 0.399 e. The molecule has 1 fully saturated rings. The van der Waals surface area contributed by atoms with Gasteiger partial charge in [-0.3, -0.25) is 4.90 Å². The zero-order valence-corrected chi connectivity index (χ0v) is 11.9. The first kappa shape index (κ1) is 13.4. The molecule has 0 bridgehead atoms. The Kier molecular flexibility index (Phi) is 3.96. The lowest BCUT2D eigenvalue weighted by Crippen LogP contribution is -2.37. The Labute approximate surface area is 111 Å². The van der Waals surface area contributed by atoms with Crippen LogP contribution < -0.4 is 5.73 Å². The highest BCUT2D eigenvalue weighted by Crippen LogP contribution is 2.34. The van der Waals surface area contributed by atoms with Gasteiger partial charge in [0.15, 0.2) is 0 Å². The molecule has 1 heterocycles. The van der Waals surface area contributed by atoms with Crippen LogP contribution in [0.3, 0.4) is 0 Å². The summed E-state index contributed by atoms with van der Waals surface area (Å²) in [6, 6.07) is 8.27. The van der Waals surface area contributed by atoms with Crippen molar-refractivity contribution in [3.8, 4) is 0 Å². The van der Waals surface area contributed by atoms with Crippen LogP contribution in [0.2, 0.25) is 0 Å². The molecule has 18 heavy (non-hydrogen) atoms. The van der Waals surface area contributed by atoms with E-state index < -0.39 is 0 Å². The highest BCUT2D eigenvalue weighted by atomic mass is 15.1. The Morgan fingerprint density at radius 2 is 1.89 bits per heavy atom. The summed E-state index contributed by atoms with van der Waals surface area (Å²) < 4.78 is 0. The van der Waals surface area contributed by atoms with Crippen molar-refractivity contribution in [1.29, 1.82) is 0 Å². The minimum absolute atomic E-state index is 0.462. The summed E-state index contributed by atoms with van der Waals surface area (Å²) >= 11 is 0. The molecule has 2 N–H and O–H groups in total. The molecule has 0 atom stereocenters. The maximum atomic E-state index is 5.82. The lowest BCUT2D eigenvalue weighted by molar-refractivity contribution is 0.108. The van der Waals surface area contributed by atoms with Crippen LogP contribution in [-0.4, -0.2) is 18.0 Å². The van der Waals surface area contributed by atoms with Gasteiger partial charge in [-0.15, -0.1) is 0 Å². The minimum atomic E-state index is 0.462. The van der Waals surface area contributed by atoms with Gasteiger partial charge in [-0.2, -0.15) is 0 Å². The molecule has 0 aromatic heterocycles. The van der Waals surface area contributed by atoms with E-state index in [0.29, 0.717) is 5.41 Å². The van der Waals surface area contributed by atoms with E-state index in [1.807, 2.05) is 12.1 Å². The lowest BCUT2D eigenvalue weighted by atomic mass is 9.75. The predicted molar refractivity (Wildman–Crippen MR) is 78.3 cm³/mol. The average molecular weight is 246 g/mol. The van der Waals surface area contributed by atoms with Crippen LogP contribution in [0.1, 0.15) is 39.2 Å². The number of nitrogens with zero attached hydrogens (tertiary/aromatic N) is 1. The zero-order chi connectivity index (χ0) is 13.2. The fraction of sp³-hybridized carbons (Fsp3) is 0.625. The molecule has 2 rings (SSSR count). The fourth-order valence-electron chi connectivity index (χ4n) is 2.91. The van der Waals surface area contributed by atoms with Crippen LogP contribution in [0.25, 0.3) is 0 Å². The number of rotatable bonds is 2. The van der Waals surface area contributed by atoms with E-state index >= 15 is 0 Å². The monoisotopic (exact) mass is 246 g/mol. The van der Waals surface area contributed by atoms with Gasteiger partial charge in [0.2, 0.25) is 0 Å². The zero-order valence-electron chi connectivity index (χ0n) is 11.9. The number of hydrogen-bond donors (Lipinski definition) is 1. The van der Waals surface area contributed by atoms with Gasteiger partial charge in [-0.05, 0) is 55.0 Å². The molecule has 100 valence electrons. The van der Waals surface area contributed by atoms with Crippen molar-refractivity contribution in [2.75, 3.05) is 18.8 Å². The number of anilines is 1. The molecule has 1 aromatic carbocycles. The van der Waals surface area contributed by atoms with E-state index in [1.165, 1.54) is 31.5 Å². The normalized spacial score (nSPS) is 19.1. The average Bonchev–Trinajstić information content (AvgIpc) is 2.28. The summed E-state index contributed by atoms with van der Waals surface area (Å²) in [6.45, 7) is 10.6. The summed E-state index contributed by atoms with van der Waals surface area (Å²) in [5.41, 5.74) is 8.50. The molecule has 0 aliphatic carbocycles. The second-order valence-corrected chi connectivity index (χ2v) is 6.66. The topological polar surface area (TPSA) is 29.3 Å². The molecule has 0 amide bonds. The number of piperidine rings is 1. The minimum Gasteiger partial charge on any atom is -0.399 e. The second kappa shape index (κ2) is 5.31. The Morgan fingerprint density at radius 3 is 2.44 bits per heavy atom. The number of benzene rings is 1. The third-order valence-electron chi connectivity index (χ3n) is 4.17. The fourth-order valence-corrected chi connectivity index (χ4v) is 2.91. The Morgan fingerprint density at radius 1 is 1.22 bits per heavy atom. The van der Waals surface area contributed by atoms with Crippen molar-refractivity contribution in [3.05, 3.63) is 29.8 Å². The van der Waals surface area contributed by atoms with Gasteiger partial charge in [0.05, 0.1) is 0 Å². The van der Waals surface area contributed by atoms with Crippen LogP contribution in [0.5, 0.6) is 0 Å². The quantitative estimate of drug-likeness (QED) is 0.809. The van der Waals surface area contributed by atoms with Gasteiger partial charge in [-0.1, -0.05) is 32.9 Å². The maximum absolute atomic E-state index is 5.82. The second-order valence-electron chi connectivity index (χ2n) is 6.66. The molecular formula is C16H26N2. The summed E-state index contributed by atoms with van der Waals surface area (Å²) in [7, 11) is 0. The first-order valence-corrected chi connectivity index (χ1v) is 7.02. The SMILES string of the molecule is CC(C)(C)C1CCN(Cc2cccc(N)c2)CC1. The van der Waals surface area contributed by atoms with Crippen molar-refractivity contribution >= 4 is 5.69 Å². The van der Waals surface area contributed by atoms with E-state index in [0.717, 1.165) is 18.2 Å². The highest BCUT2D eigenvalue weighted by molar-refractivity contribution is 5.40. The molecule has 2 heteroatoms. The predicted octanol–water partition coefficient (Wildman–Crippen LogP) is 3.53. The van der Waals surface area contributed by atoms with Gasteiger partial charge in [0, 0.05) is 12.2 Å². The molecule has 1 aliphatic rings. The summed E-state index contributed by atoms with van der Waals surface area (Å²) in [6.07, 6.45) is 2.65. The molecule has 0 radical (unpaired) electrons. The van der Waals surface area contributed by atoms with E-state index in [1.54, 1.807) is 0 Å². The number of likely N-dealkylation sites (tertiary alicyclic amines) is 1. The first-order valence-electron chi connectivity index (χ1n) is 7.02. The van der Waals surface area contributed by atoms with E-state index in [-0.39, 0.29) is 0 Å². The van der Waals surface area contributed by atoms with Crippen LogP contribution in [0.15, 0.2) is 24.3 Å². The van der Waals surface area contributed by atoms with Crippen LogP contribution >= 0.6 is 0 Å². The van der Waals surface area contributed by atoms with E-state index in [2.05, 4.69) is 37.8 Å². The molecule has 1 aliphatic heterocycles. The van der Waals surface area contributed by atoms with Crippen molar-refractivity contribution in [2.45, 2.75) is 40.2 Å². The molecular weight excluding hydrogens is 220 g/mol. The van der Waals surface area contributed by atoms with Crippen LogP contribution in [0, 0.1) is 11.3 Å². The summed E-state index contributed by atoms with van der Waals surface area (Å²) in [5, 5.41) is 0. The summed E-state index contributed by atoms with van der Waals surface area (Å²) in [4.78, 5) is 2.55. The lowest BCUT2D eigenvalue weighted by Gasteiger charge is -2.38. The molecule has 0 saturated carbocycles. The van der Waals surface area contributed by atoms with Gasteiger partial charge in [0.25, 0.3) is 0 Å². The van der Waals surface area contributed by atoms with Gasteiger partial charge in [-0.25, -0.2) is 0 Å². The third-order valence-corrected chi connectivity index (χ3v) is 4.17. The van der Waals surface area contributed by atoms with Crippen molar-refractivity contribution < 1.29 is 0 Å². The standard InChI is InChI=1S/C16H26N2/c1-16(2,3)14-7-9-18(10-8-14)12-13-5-4-6-15(17)11-13/h4-6,11,14H,7-10,12,17H2,1-3H3. The Hall–Kier alpha value is -1.02. The molecule has 0 spiro atoms. The molecule has 0 unspecified atom stereocenters. The number of nitrogens with two attached hydrogens (primary N) is 1. The molecule has 1 saturated heterocycles. The maximum Gasteiger partial charge on any atom is 0.0317 e. The van der Waals surface area contributed by atoms with Gasteiger partial charge in [0.1, 0.15) is 0 Å². The summed E-state index contributed by atoms with van der Waals surface area (Å²) in [5.74, 6) is 0.870. The number of hydrogen-bond acceptors (Lipinski definition) is 2. The smallest absolute Gasteiger partial charge is 0.0317 e. The van der Waals surface area contributed by atoms with Crippen LogP contribution in [0.4, 0.5) is 5.69 Å². The van der Waals surface area contributed by atoms with E-state index in [9.17, 15) is 0 Å². The van der Waals surface area contributed by atoms with Crippen LogP contribution in [-0.2, 0) is 6.54 Å². The van der Waals surface area contributed by atoms with Crippen molar-refractivity contribution in [1.82, 2.24) is 4.90 Å². The molecule has 2 nitrogen and oxygen atoms in total. The highest BCUT2D eigenvalue weighted by Gasteiger charge is 2.28. The van der Waals surface area contributed by atoms with Gasteiger partial charge < -0.3 is 5.73 Å². The van der Waals surface area contributed by atoms with E-state index in [4.69, 9.17) is 5.73 Å². The van der Waals surface area contributed by atoms with Crippen molar-refractivity contribution in [3.63, 3.8) is 0 Å². The van der Waals surface area contributed by atoms with Crippen molar-refractivity contribution in [2.24, 2.45) is 11.3 Å². The first-order chi connectivity index (χ1) is 8.45. The number of nitrogen functional groups attached to an aromatic ring is 1. The van der Waals surface area contributed by atoms with Gasteiger partial charge >= 0.3 is 0 Å². The Bertz CT molecular complexity index is 384. The molecule has 1 aromatic rings. The Balaban J connectivity index is 1.87.